The van der Waals surface area contributed by atoms with Gasteiger partial charge in [0.15, 0.2) is 0 Å². The molecule has 2 aliphatic carbocycles. The zero-order valence-corrected chi connectivity index (χ0v) is 12.5. The first-order valence-corrected chi connectivity index (χ1v) is 7.40. The van der Waals surface area contributed by atoms with Crippen molar-refractivity contribution in [1.82, 2.24) is 0 Å². The van der Waals surface area contributed by atoms with Crippen molar-refractivity contribution in [2.45, 2.75) is 38.5 Å². The molecule has 0 aliphatic heterocycles. The number of aryl methyl sites for hydroxylation is 2. The van der Waals surface area contributed by atoms with Crippen LogP contribution >= 0.6 is 12.4 Å². The van der Waals surface area contributed by atoms with E-state index in [1.807, 2.05) is 6.07 Å². The fourth-order valence-corrected chi connectivity index (χ4v) is 3.55. The summed E-state index contributed by atoms with van der Waals surface area (Å²) >= 11 is 0. The van der Waals surface area contributed by atoms with Gasteiger partial charge in [0.1, 0.15) is 0 Å². The van der Waals surface area contributed by atoms with Crippen molar-refractivity contribution in [2.75, 3.05) is 11.9 Å². The van der Waals surface area contributed by atoms with Crippen LogP contribution in [0.3, 0.4) is 0 Å². The number of carbonyl (C=O) groups excluding carboxylic acids is 1. The van der Waals surface area contributed by atoms with Crippen LogP contribution in [0.1, 0.15) is 36.8 Å². The maximum absolute atomic E-state index is 12.3. The maximum atomic E-state index is 12.3. The predicted octanol–water partition coefficient (Wildman–Crippen LogP) is 2.91. The van der Waals surface area contributed by atoms with Gasteiger partial charge in [-0.1, -0.05) is 12.5 Å². The molecule has 2 atom stereocenters. The minimum Gasteiger partial charge on any atom is -0.330 e. The first-order valence-electron chi connectivity index (χ1n) is 7.40. The molecular weight excluding hydrogens is 272 g/mol. The van der Waals surface area contributed by atoms with Crippen molar-refractivity contribution in [3.05, 3.63) is 29.3 Å². The number of amides is 1. The molecule has 0 bridgehead atoms. The van der Waals surface area contributed by atoms with Crippen LogP contribution in [0.5, 0.6) is 0 Å². The summed E-state index contributed by atoms with van der Waals surface area (Å²) in [5, 5.41) is 3.08. The van der Waals surface area contributed by atoms with Gasteiger partial charge < -0.3 is 11.1 Å². The molecule has 0 aromatic heterocycles. The van der Waals surface area contributed by atoms with Gasteiger partial charge in [-0.3, -0.25) is 4.79 Å². The summed E-state index contributed by atoms with van der Waals surface area (Å²) in [4.78, 5) is 12.3. The molecule has 1 fully saturated rings. The Labute approximate surface area is 126 Å². The molecule has 3 nitrogen and oxygen atoms in total. The third-order valence-electron chi connectivity index (χ3n) is 4.66. The second-order valence-electron chi connectivity index (χ2n) is 5.86. The molecule has 110 valence electrons. The molecule has 1 aromatic carbocycles. The number of anilines is 1. The van der Waals surface area contributed by atoms with Crippen LogP contribution in [0.15, 0.2) is 18.2 Å². The molecule has 0 radical (unpaired) electrons. The summed E-state index contributed by atoms with van der Waals surface area (Å²) in [6.45, 7) is 0.627. The molecule has 0 saturated heterocycles. The Bertz CT molecular complexity index is 489. The Morgan fingerprint density at radius 1 is 1.20 bits per heavy atom. The summed E-state index contributed by atoms with van der Waals surface area (Å²) in [6.07, 6.45) is 6.78. The molecule has 3 rings (SSSR count). The van der Waals surface area contributed by atoms with E-state index in [1.165, 1.54) is 24.0 Å². The molecular formula is C16H23ClN2O. The molecule has 3 N–H and O–H groups in total. The molecule has 20 heavy (non-hydrogen) atoms. The van der Waals surface area contributed by atoms with Crippen molar-refractivity contribution in [1.29, 1.82) is 0 Å². The van der Waals surface area contributed by atoms with Crippen LogP contribution in [0, 0.1) is 11.8 Å². The summed E-state index contributed by atoms with van der Waals surface area (Å²) in [7, 11) is 0. The third kappa shape index (κ3) is 2.99. The zero-order chi connectivity index (χ0) is 13.2. The van der Waals surface area contributed by atoms with Crippen molar-refractivity contribution in [3.8, 4) is 0 Å². The predicted molar refractivity (Wildman–Crippen MR) is 84.2 cm³/mol. The van der Waals surface area contributed by atoms with Gasteiger partial charge in [-0.15, -0.1) is 12.4 Å². The highest BCUT2D eigenvalue weighted by Crippen LogP contribution is 2.32. The fourth-order valence-electron chi connectivity index (χ4n) is 3.55. The van der Waals surface area contributed by atoms with E-state index in [2.05, 4.69) is 17.4 Å². The van der Waals surface area contributed by atoms with Gasteiger partial charge in [0.05, 0.1) is 0 Å². The molecule has 2 aliphatic rings. The number of nitrogens with one attached hydrogen (secondary N) is 1. The van der Waals surface area contributed by atoms with Gasteiger partial charge in [-0.25, -0.2) is 0 Å². The van der Waals surface area contributed by atoms with E-state index in [9.17, 15) is 4.79 Å². The van der Waals surface area contributed by atoms with Crippen molar-refractivity contribution < 1.29 is 4.79 Å². The molecule has 1 amide bonds. The number of benzene rings is 1. The van der Waals surface area contributed by atoms with E-state index in [1.54, 1.807) is 0 Å². The number of fused-ring (bicyclic) bond motifs is 1. The van der Waals surface area contributed by atoms with Crippen LogP contribution in [-0.4, -0.2) is 12.5 Å². The first-order chi connectivity index (χ1) is 9.28. The van der Waals surface area contributed by atoms with Crippen LogP contribution in [-0.2, 0) is 17.6 Å². The van der Waals surface area contributed by atoms with Gasteiger partial charge in [0.25, 0.3) is 0 Å². The highest BCUT2D eigenvalue weighted by atomic mass is 35.5. The Morgan fingerprint density at radius 2 is 2.00 bits per heavy atom. The molecule has 0 unspecified atom stereocenters. The molecule has 1 aromatic rings. The lowest BCUT2D eigenvalue weighted by atomic mass is 9.95. The van der Waals surface area contributed by atoms with E-state index in [4.69, 9.17) is 5.73 Å². The molecule has 0 spiro atoms. The van der Waals surface area contributed by atoms with E-state index in [0.29, 0.717) is 12.5 Å². The Morgan fingerprint density at radius 3 is 2.80 bits per heavy atom. The smallest absolute Gasteiger partial charge is 0.227 e. The Hall–Kier alpha value is -1.06. The number of nitrogens with two attached hydrogens (primary N) is 1. The van der Waals surface area contributed by atoms with Crippen LogP contribution < -0.4 is 11.1 Å². The SMILES string of the molecule is Cl.NC[C@H]1CCC[C@H]1C(=O)Nc1ccc2c(c1)CCC2. The lowest BCUT2D eigenvalue weighted by Crippen LogP contribution is -2.29. The minimum atomic E-state index is 0. The van der Waals surface area contributed by atoms with Crippen molar-refractivity contribution in [3.63, 3.8) is 0 Å². The molecule has 4 heteroatoms. The summed E-state index contributed by atoms with van der Waals surface area (Å²) in [5.41, 5.74) is 9.55. The number of hydrogen-bond donors (Lipinski definition) is 2. The Balaban J connectivity index is 0.00000147. The quantitative estimate of drug-likeness (QED) is 0.900. The second kappa shape index (κ2) is 6.59. The van der Waals surface area contributed by atoms with Gasteiger partial charge in [-0.2, -0.15) is 0 Å². The summed E-state index contributed by atoms with van der Waals surface area (Å²) in [5.74, 6) is 0.638. The monoisotopic (exact) mass is 294 g/mol. The fraction of sp³-hybridized carbons (Fsp3) is 0.562. The van der Waals surface area contributed by atoms with E-state index in [0.717, 1.165) is 31.4 Å². The van der Waals surface area contributed by atoms with Crippen LogP contribution in [0.2, 0.25) is 0 Å². The lowest BCUT2D eigenvalue weighted by molar-refractivity contribution is -0.120. The highest BCUT2D eigenvalue weighted by Gasteiger charge is 2.31. The normalized spacial score (nSPS) is 24.1. The van der Waals surface area contributed by atoms with Gasteiger partial charge in [0.2, 0.25) is 5.91 Å². The Kier molecular flexibility index (Phi) is 5.06. The van der Waals surface area contributed by atoms with Crippen LogP contribution in [0.4, 0.5) is 5.69 Å². The zero-order valence-electron chi connectivity index (χ0n) is 11.7. The van der Waals surface area contributed by atoms with E-state index >= 15 is 0 Å². The average Bonchev–Trinajstić information content (AvgIpc) is 3.06. The number of hydrogen-bond acceptors (Lipinski definition) is 2. The molecule has 1 saturated carbocycles. The lowest BCUT2D eigenvalue weighted by Gasteiger charge is -2.17. The van der Waals surface area contributed by atoms with Crippen LogP contribution in [0.25, 0.3) is 0 Å². The largest absolute Gasteiger partial charge is 0.330 e. The summed E-state index contributed by atoms with van der Waals surface area (Å²) in [6, 6.07) is 6.34. The number of rotatable bonds is 3. The molecule has 0 heterocycles. The highest BCUT2D eigenvalue weighted by molar-refractivity contribution is 5.93. The topological polar surface area (TPSA) is 55.1 Å². The minimum absolute atomic E-state index is 0. The van der Waals surface area contributed by atoms with Gasteiger partial charge >= 0.3 is 0 Å². The maximum Gasteiger partial charge on any atom is 0.227 e. The standard InChI is InChI=1S/C16H22N2O.ClH/c17-10-13-5-2-6-15(13)16(19)18-14-8-7-11-3-1-4-12(11)9-14;/h7-9,13,15H,1-6,10,17H2,(H,18,19);1H/t13-,15-;/m1./s1. The van der Waals surface area contributed by atoms with E-state index in [-0.39, 0.29) is 24.2 Å². The van der Waals surface area contributed by atoms with E-state index < -0.39 is 0 Å². The number of carbonyl (C=O) groups is 1. The third-order valence-corrected chi connectivity index (χ3v) is 4.66. The van der Waals surface area contributed by atoms with Gasteiger partial charge in [0, 0.05) is 11.6 Å². The summed E-state index contributed by atoms with van der Waals surface area (Å²) < 4.78 is 0. The van der Waals surface area contributed by atoms with Gasteiger partial charge in [-0.05, 0) is 67.8 Å². The first kappa shape index (κ1) is 15.3. The second-order valence-corrected chi connectivity index (χ2v) is 5.86. The van der Waals surface area contributed by atoms with Crippen molar-refractivity contribution >= 4 is 24.0 Å². The number of halogens is 1. The average molecular weight is 295 g/mol. The van der Waals surface area contributed by atoms with Crippen molar-refractivity contribution in [2.24, 2.45) is 17.6 Å².